The smallest absolute Gasteiger partial charge is 0.410 e. The number of rotatable bonds is 17. The third-order valence-electron chi connectivity index (χ3n) is 13.7. The maximum Gasteiger partial charge on any atom is 0.453 e. The van der Waals surface area contributed by atoms with E-state index < -0.39 is 54.1 Å². The highest BCUT2D eigenvalue weighted by Gasteiger charge is 2.57. The second kappa shape index (κ2) is 19.6. The van der Waals surface area contributed by atoms with Gasteiger partial charge in [0.25, 0.3) is 0 Å². The highest BCUT2D eigenvalue weighted by Crippen LogP contribution is 2.63. The lowest BCUT2D eigenvalue weighted by atomic mass is 9.52. The van der Waals surface area contributed by atoms with Crippen LogP contribution in [0.5, 0.6) is 5.75 Å². The fourth-order valence-corrected chi connectivity index (χ4v) is 11.6. The first-order chi connectivity index (χ1) is 28.4. The first-order valence-corrected chi connectivity index (χ1v) is 23.0. The molecule has 336 valence electrons. The zero-order valence-corrected chi connectivity index (χ0v) is 34.9. The van der Waals surface area contributed by atoms with Crippen LogP contribution in [0.3, 0.4) is 0 Å². The van der Waals surface area contributed by atoms with Crippen molar-refractivity contribution in [3.63, 3.8) is 0 Å². The Kier molecular flexibility index (Phi) is 15.2. The van der Waals surface area contributed by atoms with Crippen LogP contribution in [0.2, 0.25) is 0 Å². The zero-order valence-electron chi connectivity index (χ0n) is 34.1. The van der Waals surface area contributed by atoms with Gasteiger partial charge in [0.05, 0.1) is 19.3 Å². The quantitative estimate of drug-likeness (QED) is 0.122. The average Bonchev–Trinajstić information content (AvgIpc) is 3.49. The summed E-state index contributed by atoms with van der Waals surface area (Å²) in [6.45, 7) is 2.23. The Balaban J connectivity index is 0.978. The van der Waals surface area contributed by atoms with Crippen LogP contribution in [-0.4, -0.2) is 77.1 Å². The van der Waals surface area contributed by atoms with E-state index in [9.17, 15) is 49.2 Å². The summed E-state index contributed by atoms with van der Waals surface area (Å²) in [6.07, 6.45) is -2.42. The summed E-state index contributed by atoms with van der Waals surface area (Å²) in [6, 6.07) is 12.5. The maximum atomic E-state index is 13.2. The SMILES string of the molecule is C[C@]12CC[C@@H]3c4ccc(OC(=O)Nc5ccc(N6CCOC(C(F)(F)F)C6)cc5)cc4C[C@@H](CCCCCCCCCS(=O)CCCC(F)(F)C(F)(F)F)[C@H]3[C@@H]1CC[C@@H]2O. The van der Waals surface area contributed by atoms with Crippen molar-refractivity contribution in [3.05, 3.63) is 53.6 Å². The molecule has 2 saturated carbocycles. The Morgan fingerprint density at radius 2 is 1.60 bits per heavy atom. The van der Waals surface area contributed by atoms with Gasteiger partial charge in [0.2, 0.25) is 0 Å². The normalized spacial score (nSPS) is 27.5. The fourth-order valence-electron chi connectivity index (χ4n) is 10.4. The minimum absolute atomic E-state index is 0.0394. The topological polar surface area (TPSA) is 88.1 Å². The molecule has 1 amide bonds. The molecule has 1 saturated heterocycles. The minimum Gasteiger partial charge on any atom is -0.410 e. The molecule has 0 bridgehead atoms. The van der Waals surface area contributed by atoms with E-state index in [1.54, 1.807) is 29.2 Å². The monoisotopic (exact) mass is 878 g/mol. The lowest BCUT2D eigenvalue weighted by molar-refractivity contribution is -0.284. The molecular weight excluding hydrogens is 821 g/mol. The largest absolute Gasteiger partial charge is 0.453 e. The first-order valence-electron chi connectivity index (χ1n) is 21.5. The molecule has 60 heavy (non-hydrogen) atoms. The molecule has 3 aliphatic carbocycles. The lowest BCUT2D eigenvalue weighted by Gasteiger charge is -2.53. The summed E-state index contributed by atoms with van der Waals surface area (Å²) < 4.78 is 126. The van der Waals surface area contributed by atoms with Gasteiger partial charge in [0.1, 0.15) is 5.75 Å². The van der Waals surface area contributed by atoms with Crippen LogP contribution in [0.4, 0.5) is 51.3 Å². The van der Waals surface area contributed by atoms with E-state index in [0.717, 1.165) is 77.0 Å². The van der Waals surface area contributed by atoms with Crippen molar-refractivity contribution in [3.8, 4) is 5.75 Å². The number of nitrogens with one attached hydrogen (secondary N) is 1. The lowest BCUT2D eigenvalue weighted by Crippen LogP contribution is -2.49. The first kappa shape index (κ1) is 46.5. The molecular formula is C44H58F8N2O5S. The molecule has 0 radical (unpaired) electrons. The number of nitrogens with zero attached hydrogens (tertiary/aromatic N) is 1. The Labute approximate surface area is 349 Å². The molecule has 6 rings (SSSR count). The van der Waals surface area contributed by atoms with Gasteiger partial charge in [-0.1, -0.05) is 51.5 Å². The van der Waals surface area contributed by atoms with E-state index in [2.05, 4.69) is 18.3 Å². The number of alkyl halides is 8. The van der Waals surface area contributed by atoms with Crippen molar-refractivity contribution < 1.29 is 58.7 Å². The summed E-state index contributed by atoms with van der Waals surface area (Å²) in [7, 11) is -1.41. The standard InChI is InChI=1S/C44H58F8N2O5S/c1-41-21-19-35-34-16-15-33(59-40(56)53-31-11-13-32(14-12-31)54-22-23-58-38(28-54)43(47,48)49)27-30(34)26-29(39(35)36(41)17-18-37(41)55)10-7-5-3-2-4-6-8-24-60(57)25-9-20-42(45,46)44(50,51)52/h11-16,27,29,35-39,55H,2-10,17-26,28H2,1H3,(H,53,56)/t29-,35-,36+,37+,38?,39-,41+,60?/m1/s1. The molecule has 2 aromatic rings. The van der Waals surface area contributed by atoms with Crippen molar-refractivity contribution in [1.29, 1.82) is 0 Å². The molecule has 2 unspecified atom stereocenters. The Bertz CT molecular complexity index is 1760. The van der Waals surface area contributed by atoms with E-state index >= 15 is 0 Å². The molecule has 3 fully saturated rings. The minimum atomic E-state index is -5.58. The Morgan fingerprint density at radius 3 is 2.30 bits per heavy atom. The van der Waals surface area contributed by atoms with Crippen LogP contribution in [0.1, 0.15) is 114 Å². The third kappa shape index (κ3) is 11.3. The maximum absolute atomic E-state index is 13.2. The van der Waals surface area contributed by atoms with Crippen LogP contribution in [0, 0.1) is 23.2 Å². The molecule has 2 aromatic carbocycles. The fraction of sp³-hybridized carbons (Fsp3) is 0.705. The van der Waals surface area contributed by atoms with Crippen LogP contribution in [0.15, 0.2) is 42.5 Å². The molecule has 0 spiro atoms. The van der Waals surface area contributed by atoms with Gasteiger partial charge < -0.3 is 19.5 Å². The number of aliphatic hydroxyl groups is 1. The highest BCUT2D eigenvalue weighted by atomic mass is 32.2. The van der Waals surface area contributed by atoms with E-state index in [0.29, 0.717) is 59.5 Å². The number of hydrogen-bond acceptors (Lipinski definition) is 6. The van der Waals surface area contributed by atoms with Crippen molar-refractivity contribution in [1.82, 2.24) is 0 Å². The molecule has 1 aliphatic heterocycles. The average molecular weight is 879 g/mol. The second-order valence-electron chi connectivity index (χ2n) is 17.6. The van der Waals surface area contributed by atoms with Gasteiger partial charge in [-0.15, -0.1) is 0 Å². The van der Waals surface area contributed by atoms with E-state index in [1.165, 1.54) is 11.1 Å². The number of unbranched alkanes of at least 4 members (excludes halogenated alkanes) is 6. The van der Waals surface area contributed by atoms with Gasteiger partial charge in [-0.2, -0.15) is 35.1 Å². The van der Waals surface area contributed by atoms with Crippen LogP contribution >= 0.6 is 0 Å². The van der Waals surface area contributed by atoms with Crippen molar-refractivity contribution in [2.75, 3.05) is 41.4 Å². The number of morpholine rings is 1. The number of ether oxygens (including phenoxy) is 2. The third-order valence-corrected chi connectivity index (χ3v) is 15.2. The highest BCUT2D eigenvalue weighted by molar-refractivity contribution is 7.84. The number of carbonyl (C=O) groups is 1. The van der Waals surface area contributed by atoms with Crippen LogP contribution in [0.25, 0.3) is 0 Å². The summed E-state index contributed by atoms with van der Waals surface area (Å²) in [5.74, 6) is -2.54. The number of fused-ring (bicyclic) bond motifs is 5. The number of halogens is 8. The van der Waals surface area contributed by atoms with E-state index in [-0.39, 0.29) is 30.4 Å². The number of hydrogen-bond donors (Lipinski definition) is 2. The van der Waals surface area contributed by atoms with Gasteiger partial charge in [-0.25, -0.2) is 4.79 Å². The number of benzene rings is 2. The molecule has 0 aromatic heterocycles. The predicted molar refractivity (Wildman–Crippen MR) is 215 cm³/mol. The van der Waals surface area contributed by atoms with Gasteiger partial charge in [-0.3, -0.25) is 9.53 Å². The molecule has 7 nitrogen and oxygen atoms in total. The van der Waals surface area contributed by atoms with Gasteiger partial charge >= 0.3 is 24.4 Å². The van der Waals surface area contributed by atoms with Gasteiger partial charge in [0, 0.05) is 46.6 Å². The Morgan fingerprint density at radius 1 is 0.917 bits per heavy atom. The summed E-state index contributed by atoms with van der Waals surface area (Å²) >= 11 is 0. The molecule has 2 N–H and O–H groups in total. The van der Waals surface area contributed by atoms with E-state index in [4.69, 9.17) is 9.47 Å². The molecule has 4 aliphatic rings. The van der Waals surface area contributed by atoms with Crippen LogP contribution in [-0.2, 0) is 22.0 Å². The molecule has 1 heterocycles. The summed E-state index contributed by atoms with van der Waals surface area (Å²) in [5, 5.41) is 13.8. The van der Waals surface area contributed by atoms with Gasteiger partial charge in [0.15, 0.2) is 6.10 Å². The summed E-state index contributed by atoms with van der Waals surface area (Å²) in [5.41, 5.74) is 3.40. The predicted octanol–water partition coefficient (Wildman–Crippen LogP) is 11.4. The number of amides is 1. The number of anilines is 2. The Hall–Kier alpha value is -2.98. The molecule has 8 atom stereocenters. The second-order valence-corrected chi connectivity index (χ2v) is 19.3. The summed E-state index contributed by atoms with van der Waals surface area (Å²) in [4.78, 5) is 14.6. The van der Waals surface area contributed by atoms with Crippen molar-refractivity contribution >= 4 is 28.3 Å². The van der Waals surface area contributed by atoms with Crippen LogP contribution < -0.4 is 15.0 Å². The van der Waals surface area contributed by atoms with E-state index in [1.807, 2.05) is 12.1 Å². The number of aliphatic hydroxyl groups excluding tert-OH is 1. The zero-order chi connectivity index (χ0) is 43.3. The number of carbonyl (C=O) groups excluding carboxylic acids is 1. The van der Waals surface area contributed by atoms with Gasteiger partial charge in [-0.05, 0) is 128 Å². The molecule has 16 heteroatoms. The van der Waals surface area contributed by atoms with Crippen molar-refractivity contribution in [2.45, 2.75) is 140 Å². The van der Waals surface area contributed by atoms with Crippen molar-refractivity contribution in [2.24, 2.45) is 23.2 Å².